The lowest BCUT2D eigenvalue weighted by Gasteiger charge is -2.36. The number of hydrogen-bond donors (Lipinski definition) is 0. The van der Waals surface area contributed by atoms with Gasteiger partial charge in [-0.15, -0.1) is 0 Å². The largest absolute Gasteiger partial charge is 0.369 e. The van der Waals surface area contributed by atoms with Crippen LogP contribution in [-0.2, 0) is 6.54 Å². The van der Waals surface area contributed by atoms with Crippen molar-refractivity contribution < 1.29 is 4.52 Å². The zero-order valence-corrected chi connectivity index (χ0v) is 13.0. The van der Waals surface area contributed by atoms with E-state index < -0.39 is 0 Å². The zero-order chi connectivity index (χ0) is 14.8. The molecule has 1 aliphatic heterocycles. The Morgan fingerprint density at radius 2 is 1.86 bits per heavy atom. The maximum absolute atomic E-state index is 5.20. The molecule has 0 radical (unpaired) electrons. The quantitative estimate of drug-likeness (QED) is 0.866. The third-order valence-corrected chi connectivity index (χ3v) is 4.22. The second-order valence-electron chi connectivity index (χ2n) is 5.72. The van der Waals surface area contributed by atoms with Crippen molar-refractivity contribution in [3.8, 4) is 0 Å². The minimum Gasteiger partial charge on any atom is -0.369 e. The van der Waals surface area contributed by atoms with E-state index >= 15 is 0 Å². The second kappa shape index (κ2) is 5.85. The summed E-state index contributed by atoms with van der Waals surface area (Å²) in [5, 5.41) is 3.84. The van der Waals surface area contributed by atoms with E-state index in [1.807, 2.05) is 6.92 Å². The molecule has 0 unspecified atom stereocenters. The van der Waals surface area contributed by atoms with E-state index in [0.717, 1.165) is 32.7 Å². The van der Waals surface area contributed by atoms with Crippen molar-refractivity contribution in [2.24, 2.45) is 0 Å². The van der Waals surface area contributed by atoms with Crippen LogP contribution in [-0.4, -0.2) is 41.2 Å². The van der Waals surface area contributed by atoms with E-state index in [1.54, 1.807) is 0 Å². The van der Waals surface area contributed by atoms with Crippen molar-refractivity contribution in [3.63, 3.8) is 0 Å². The van der Waals surface area contributed by atoms with Gasteiger partial charge in [0, 0.05) is 31.9 Å². The van der Waals surface area contributed by atoms with Crippen LogP contribution in [0.5, 0.6) is 0 Å². The molecule has 2 heterocycles. The summed E-state index contributed by atoms with van der Waals surface area (Å²) in [5.74, 6) is 1.42. The minimum atomic E-state index is 0.707. The molecule has 1 aliphatic rings. The highest BCUT2D eigenvalue weighted by atomic mass is 16.5. The van der Waals surface area contributed by atoms with Gasteiger partial charge in [-0.05, 0) is 38.0 Å². The van der Waals surface area contributed by atoms with Crippen molar-refractivity contribution in [2.45, 2.75) is 27.3 Å². The summed E-state index contributed by atoms with van der Waals surface area (Å²) < 4.78 is 5.20. The number of aryl methyl sites for hydroxylation is 2. The van der Waals surface area contributed by atoms with Crippen molar-refractivity contribution in [3.05, 3.63) is 41.0 Å². The Labute approximate surface area is 125 Å². The molecule has 5 nitrogen and oxygen atoms in total. The van der Waals surface area contributed by atoms with Crippen LogP contribution in [0.25, 0.3) is 0 Å². The van der Waals surface area contributed by atoms with Crippen LogP contribution in [0.15, 0.2) is 22.7 Å². The summed E-state index contributed by atoms with van der Waals surface area (Å²) in [7, 11) is 0. The van der Waals surface area contributed by atoms with Gasteiger partial charge in [0.1, 0.15) is 0 Å². The topological polar surface area (TPSA) is 45.4 Å². The van der Waals surface area contributed by atoms with Crippen molar-refractivity contribution in [1.29, 1.82) is 0 Å². The molecule has 1 aromatic carbocycles. The Hall–Kier alpha value is -1.88. The molecule has 0 spiro atoms. The number of rotatable bonds is 3. The summed E-state index contributed by atoms with van der Waals surface area (Å²) >= 11 is 0. The second-order valence-corrected chi connectivity index (χ2v) is 5.72. The maximum atomic E-state index is 5.20. The molecule has 3 rings (SSSR count). The SMILES string of the molecule is Cc1noc(CN2CCN(c3cccc(C)c3C)CC2)n1. The molecule has 1 aromatic heterocycles. The molecule has 0 aliphatic carbocycles. The van der Waals surface area contributed by atoms with Gasteiger partial charge in [0.15, 0.2) is 5.82 Å². The van der Waals surface area contributed by atoms with Gasteiger partial charge in [0.05, 0.1) is 6.54 Å². The van der Waals surface area contributed by atoms with Gasteiger partial charge in [-0.1, -0.05) is 17.3 Å². The highest BCUT2D eigenvalue weighted by molar-refractivity contribution is 5.56. The predicted octanol–water partition coefficient (Wildman–Crippen LogP) is 2.32. The lowest BCUT2D eigenvalue weighted by atomic mass is 10.1. The van der Waals surface area contributed by atoms with Crippen LogP contribution in [0.3, 0.4) is 0 Å². The van der Waals surface area contributed by atoms with E-state index in [4.69, 9.17) is 4.52 Å². The Kier molecular flexibility index (Phi) is 3.92. The van der Waals surface area contributed by atoms with E-state index in [-0.39, 0.29) is 0 Å². The maximum Gasteiger partial charge on any atom is 0.240 e. The minimum absolute atomic E-state index is 0.707. The molecular formula is C16H22N4O. The van der Waals surface area contributed by atoms with Gasteiger partial charge in [0.25, 0.3) is 0 Å². The van der Waals surface area contributed by atoms with Crippen LogP contribution < -0.4 is 4.90 Å². The Balaban J connectivity index is 1.61. The molecule has 1 saturated heterocycles. The fraction of sp³-hybridized carbons (Fsp3) is 0.500. The Morgan fingerprint density at radius 1 is 1.10 bits per heavy atom. The normalized spacial score (nSPS) is 16.4. The number of aromatic nitrogens is 2. The van der Waals surface area contributed by atoms with Crippen molar-refractivity contribution in [2.75, 3.05) is 31.1 Å². The average molecular weight is 286 g/mol. The molecule has 0 bridgehead atoms. The fourth-order valence-corrected chi connectivity index (χ4v) is 2.82. The summed E-state index contributed by atoms with van der Waals surface area (Å²) in [6, 6.07) is 6.54. The summed E-state index contributed by atoms with van der Waals surface area (Å²) in [6.07, 6.45) is 0. The van der Waals surface area contributed by atoms with Crippen LogP contribution in [0, 0.1) is 20.8 Å². The standard InChI is InChI=1S/C16H22N4O/c1-12-5-4-6-15(13(12)2)20-9-7-19(8-10-20)11-16-17-14(3)18-21-16/h4-6H,7-11H2,1-3H3. The number of hydrogen-bond acceptors (Lipinski definition) is 5. The molecule has 0 amide bonds. The molecule has 21 heavy (non-hydrogen) atoms. The zero-order valence-electron chi connectivity index (χ0n) is 13.0. The summed E-state index contributed by atoms with van der Waals surface area (Å²) in [5.41, 5.74) is 4.11. The third kappa shape index (κ3) is 3.08. The molecular weight excluding hydrogens is 264 g/mol. The molecule has 0 saturated carbocycles. The lowest BCUT2D eigenvalue weighted by molar-refractivity contribution is 0.215. The Bertz CT molecular complexity index is 614. The highest BCUT2D eigenvalue weighted by Crippen LogP contribution is 2.24. The molecule has 1 fully saturated rings. The highest BCUT2D eigenvalue weighted by Gasteiger charge is 2.20. The number of anilines is 1. The average Bonchev–Trinajstić information content (AvgIpc) is 2.88. The van der Waals surface area contributed by atoms with Gasteiger partial charge < -0.3 is 9.42 Å². The fourth-order valence-electron chi connectivity index (χ4n) is 2.82. The third-order valence-electron chi connectivity index (χ3n) is 4.22. The van der Waals surface area contributed by atoms with Gasteiger partial charge in [-0.2, -0.15) is 4.98 Å². The van der Waals surface area contributed by atoms with Gasteiger partial charge in [-0.3, -0.25) is 4.90 Å². The monoisotopic (exact) mass is 286 g/mol. The van der Waals surface area contributed by atoms with E-state index in [0.29, 0.717) is 11.7 Å². The van der Waals surface area contributed by atoms with E-state index in [9.17, 15) is 0 Å². The van der Waals surface area contributed by atoms with Crippen molar-refractivity contribution in [1.82, 2.24) is 15.0 Å². The first kappa shape index (κ1) is 14.1. The molecule has 0 atom stereocenters. The van der Waals surface area contributed by atoms with Crippen LogP contribution in [0.2, 0.25) is 0 Å². The summed E-state index contributed by atoms with van der Waals surface area (Å²) in [6.45, 7) is 11.1. The lowest BCUT2D eigenvalue weighted by Crippen LogP contribution is -2.46. The van der Waals surface area contributed by atoms with Gasteiger partial charge >= 0.3 is 0 Å². The summed E-state index contributed by atoms with van der Waals surface area (Å²) in [4.78, 5) is 9.11. The van der Waals surface area contributed by atoms with Crippen LogP contribution in [0.4, 0.5) is 5.69 Å². The van der Waals surface area contributed by atoms with Crippen molar-refractivity contribution >= 4 is 5.69 Å². The number of benzene rings is 1. The van der Waals surface area contributed by atoms with E-state index in [2.05, 4.69) is 52.0 Å². The van der Waals surface area contributed by atoms with Crippen LogP contribution >= 0.6 is 0 Å². The smallest absolute Gasteiger partial charge is 0.240 e. The number of piperazine rings is 1. The first-order valence-electron chi connectivity index (χ1n) is 7.46. The molecule has 112 valence electrons. The molecule has 2 aromatic rings. The van der Waals surface area contributed by atoms with E-state index in [1.165, 1.54) is 16.8 Å². The first-order valence-corrected chi connectivity index (χ1v) is 7.46. The van der Waals surface area contributed by atoms with Gasteiger partial charge in [-0.25, -0.2) is 0 Å². The molecule has 0 N–H and O–H groups in total. The first-order chi connectivity index (χ1) is 10.1. The molecule has 5 heteroatoms. The Morgan fingerprint density at radius 3 is 2.52 bits per heavy atom. The van der Waals surface area contributed by atoms with Crippen LogP contribution in [0.1, 0.15) is 22.8 Å². The predicted molar refractivity (Wildman–Crippen MR) is 82.4 cm³/mol. The van der Waals surface area contributed by atoms with Gasteiger partial charge in [0.2, 0.25) is 5.89 Å². The number of nitrogens with zero attached hydrogens (tertiary/aromatic N) is 4.